The number of rotatable bonds is 0. The molecule has 9 heavy (non-hydrogen) atoms. The Labute approximate surface area is 52.2 Å². The minimum absolute atomic E-state index is 0.00926. The highest BCUT2D eigenvalue weighted by Gasteiger charge is 2.25. The van der Waals surface area contributed by atoms with E-state index in [4.69, 9.17) is 5.11 Å². The van der Waals surface area contributed by atoms with E-state index in [1.165, 1.54) is 6.92 Å². The van der Waals surface area contributed by atoms with E-state index < -0.39 is 5.78 Å². The Balaban J connectivity index is 3.01. The smallest absolute Gasteiger partial charge is 0.265 e. The lowest BCUT2D eigenvalue weighted by Gasteiger charge is -1.90. The van der Waals surface area contributed by atoms with Gasteiger partial charge in [0, 0.05) is 0 Å². The molecule has 0 atom stereocenters. The monoisotopic (exact) mass is 126 g/mol. The van der Waals surface area contributed by atoms with Crippen LogP contribution in [0, 0.1) is 0 Å². The van der Waals surface area contributed by atoms with Crippen LogP contribution in [0.15, 0.2) is 23.9 Å². The number of carbonyl (C=O) groups excluding carboxylic acids is 1. The number of aliphatic hydroxyl groups is 1. The maximum atomic E-state index is 10.6. The van der Waals surface area contributed by atoms with Gasteiger partial charge in [-0.2, -0.15) is 0 Å². The molecule has 0 spiro atoms. The second kappa shape index (κ2) is 1.62. The number of Topliss-reactive ketones (excluding diaryl/α,β-unsaturated/α-hetero) is 1. The summed E-state index contributed by atoms with van der Waals surface area (Å²) in [6.45, 7) is 4.77. The van der Waals surface area contributed by atoms with E-state index >= 15 is 0 Å². The highest BCUT2D eigenvalue weighted by atomic mass is 16.5. The Morgan fingerprint density at radius 3 is 2.33 bits per heavy atom. The Morgan fingerprint density at radius 2 is 2.22 bits per heavy atom. The van der Waals surface area contributed by atoms with Gasteiger partial charge >= 0.3 is 0 Å². The lowest BCUT2D eigenvalue weighted by molar-refractivity contribution is -0.115. The molecule has 48 valence electrons. The number of carbonyl (C=O) groups is 1. The number of hydrogen-bond acceptors (Lipinski definition) is 3. The van der Waals surface area contributed by atoms with Crippen LogP contribution in [-0.2, 0) is 9.53 Å². The van der Waals surface area contributed by atoms with Crippen molar-refractivity contribution in [1.82, 2.24) is 0 Å². The lowest BCUT2D eigenvalue weighted by Crippen LogP contribution is -1.96. The van der Waals surface area contributed by atoms with Crippen molar-refractivity contribution in [3.63, 3.8) is 0 Å². The van der Waals surface area contributed by atoms with E-state index in [0.717, 1.165) is 0 Å². The fraction of sp³-hybridized carbons (Fsp3) is 0.167. The molecule has 0 saturated carbocycles. The molecule has 1 rings (SSSR count). The quantitative estimate of drug-likeness (QED) is 0.490. The van der Waals surface area contributed by atoms with Crippen LogP contribution in [0.2, 0.25) is 0 Å². The zero-order chi connectivity index (χ0) is 7.02. The third kappa shape index (κ3) is 0.700. The molecule has 1 aliphatic heterocycles. The van der Waals surface area contributed by atoms with Gasteiger partial charge in [0.25, 0.3) is 5.78 Å². The molecule has 3 nitrogen and oxygen atoms in total. The molecule has 1 aliphatic rings. The highest BCUT2D eigenvalue weighted by Crippen LogP contribution is 2.19. The molecular weight excluding hydrogens is 120 g/mol. The van der Waals surface area contributed by atoms with Crippen LogP contribution in [0.4, 0.5) is 0 Å². The SMILES string of the molecule is C=C1OC(C)=C(O)C1=O. The molecule has 1 N–H and O–H groups in total. The second-order valence-corrected chi connectivity index (χ2v) is 1.76. The predicted octanol–water partition coefficient (Wildman–Crippen LogP) is 0.889. The summed E-state index contributed by atoms with van der Waals surface area (Å²) in [5.74, 6) is -0.637. The van der Waals surface area contributed by atoms with Crippen LogP contribution in [0.25, 0.3) is 0 Å². The normalized spacial score (nSPS) is 18.8. The van der Waals surface area contributed by atoms with Gasteiger partial charge in [0.1, 0.15) is 5.76 Å². The van der Waals surface area contributed by atoms with Gasteiger partial charge in [-0.1, -0.05) is 6.58 Å². The van der Waals surface area contributed by atoms with Crippen molar-refractivity contribution in [2.24, 2.45) is 0 Å². The summed E-state index contributed by atoms with van der Waals surface area (Å²) < 4.78 is 4.67. The summed E-state index contributed by atoms with van der Waals surface area (Å²) in [6, 6.07) is 0. The van der Waals surface area contributed by atoms with Gasteiger partial charge < -0.3 is 9.84 Å². The zero-order valence-corrected chi connectivity index (χ0v) is 4.97. The Hall–Kier alpha value is -1.25. The molecule has 0 unspecified atom stereocenters. The van der Waals surface area contributed by atoms with E-state index in [1.54, 1.807) is 0 Å². The second-order valence-electron chi connectivity index (χ2n) is 1.76. The lowest BCUT2D eigenvalue weighted by atomic mass is 10.3. The Kier molecular flexibility index (Phi) is 1.06. The van der Waals surface area contributed by atoms with Gasteiger partial charge in [0.15, 0.2) is 5.76 Å². The van der Waals surface area contributed by atoms with Gasteiger partial charge in [0.2, 0.25) is 5.76 Å². The molecule has 3 heteroatoms. The number of hydrogen-bond donors (Lipinski definition) is 1. The number of aliphatic hydroxyl groups excluding tert-OH is 1. The van der Waals surface area contributed by atoms with Crippen LogP contribution in [0.3, 0.4) is 0 Å². The standard InChI is InChI=1S/C6H6O3/c1-3-5(7)6(8)4(2)9-3/h8H,1H2,2H3. The summed E-state index contributed by atoms with van der Waals surface area (Å²) in [4.78, 5) is 10.6. The van der Waals surface area contributed by atoms with Crippen molar-refractivity contribution in [3.05, 3.63) is 23.9 Å². The Morgan fingerprint density at radius 1 is 1.67 bits per heavy atom. The minimum Gasteiger partial charge on any atom is -0.502 e. The van der Waals surface area contributed by atoms with Crippen molar-refractivity contribution in [2.45, 2.75) is 6.92 Å². The van der Waals surface area contributed by atoms with E-state index in [-0.39, 0.29) is 17.3 Å². The molecular formula is C6H6O3. The van der Waals surface area contributed by atoms with Crippen LogP contribution >= 0.6 is 0 Å². The number of ether oxygens (including phenoxy) is 1. The van der Waals surface area contributed by atoms with E-state index in [1.807, 2.05) is 0 Å². The van der Waals surface area contributed by atoms with Crippen LogP contribution in [-0.4, -0.2) is 10.9 Å². The van der Waals surface area contributed by atoms with Gasteiger partial charge in [-0.05, 0) is 6.92 Å². The third-order valence-corrected chi connectivity index (χ3v) is 1.08. The van der Waals surface area contributed by atoms with Gasteiger partial charge in [0.05, 0.1) is 0 Å². The molecule has 0 bridgehead atoms. The van der Waals surface area contributed by atoms with Gasteiger partial charge in [-0.3, -0.25) is 4.79 Å². The molecule has 1 heterocycles. The van der Waals surface area contributed by atoms with Crippen LogP contribution < -0.4 is 0 Å². The first-order valence-corrected chi connectivity index (χ1v) is 2.44. The summed E-state index contributed by atoms with van der Waals surface area (Å²) in [7, 11) is 0. The van der Waals surface area contributed by atoms with Gasteiger partial charge in [-0.15, -0.1) is 0 Å². The molecule has 0 aliphatic carbocycles. The maximum absolute atomic E-state index is 10.6. The summed E-state index contributed by atoms with van der Waals surface area (Å²) >= 11 is 0. The van der Waals surface area contributed by atoms with Crippen molar-refractivity contribution in [3.8, 4) is 0 Å². The molecule has 0 saturated heterocycles. The molecule has 0 aromatic heterocycles. The van der Waals surface area contributed by atoms with Crippen LogP contribution in [0.1, 0.15) is 6.92 Å². The van der Waals surface area contributed by atoms with Crippen molar-refractivity contribution in [2.75, 3.05) is 0 Å². The first kappa shape index (κ1) is 5.88. The largest absolute Gasteiger partial charge is 0.502 e. The summed E-state index contributed by atoms with van der Waals surface area (Å²) in [6.07, 6.45) is 0. The van der Waals surface area contributed by atoms with E-state index in [0.29, 0.717) is 0 Å². The average molecular weight is 126 g/mol. The first-order valence-electron chi connectivity index (χ1n) is 2.44. The van der Waals surface area contributed by atoms with Crippen molar-refractivity contribution < 1.29 is 14.6 Å². The van der Waals surface area contributed by atoms with E-state index in [2.05, 4.69) is 11.3 Å². The summed E-state index contributed by atoms with van der Waals surface area (Å²) in [5.41, 5.74) is 0. The molecule has 0 aromatic rings. The maximum Gasteiger partial charge on any atom is 0.265 e. The first-order chi connectivity index (χ1) is 4.13. The number of ketones is 1. The Bertz CT molecular complexity index is 210. The van der Waals surface area contributed by atoms with E-state index in [9.17, 15) is 4.79 Å². The van der Waals surface area contributed by atoms with Crippen molar-refractivity contribution >= 4 is 5.78 Å². The highest BCUT2D eigenvalue weighted by molar-refractivity contribution is 6.06. The third-order valence-electron chi connectivity index (χ3n) is 1.08. The fourth-order valence-corrected chi connectivity index (χ4v) is 0.571. The van der Waals surface area contributed by atoms with Crippen molar-refractivity contribution in [1.29, 1.82) is 0 Å². The zero-order valence-electron chi connectivity index (χ0n) is 4.97. The molecule has 0 amide bonds. The number of allylic oxidation sites excluding steroid dienone is 1. The molecule has 0 aromatic carbocycles. The fourth-order valence-electron chi connectivity index (χ4n) is 0.571. The average Bonchev–Trinajstić information content (AvgIpc) is 1.98. The van der Waals surface area contributed by atoms with Crippen LogP contribution in [0.5, 0.6) is 0 Å². The summed E-state index contributed by atoms with van der Waals surface area (Å²) in [5, 5.41) is 8.78. The topological polar surface area (TPSA) is 46.5 Å². The molecule has 0 fully saturated rings. The minimum atomic E-state index is -0.521. The van der Waals surface area contributed by atoms with Gasteiger partial charge in [-0.25, -0.2) is 0 Å². The molecule has 0 radical (unpaired) electrons. The predicted molar refractivity (Wildman–Crippen MR) is 30.6 cm³/mol.